The molecular formula is C24H24N4O5S. The molecule has 4 rings (SSSR count). The van der Waals surface area contributed by atoms with Crippen molar-refractivity contribution in [2.75, 3.05) is 24.1 Å². The van der Waals surface area contributed by atoms with Gasteiger partial charge in [-0.2, -0.15) is 4.31 Å². The summed E-state index contributed by atoms with van der Waals surface area (Å²) in [6, 6.07) is 20.0. The number of nitro benzene ring substituents is 1. The molecule has 1 amide bonds. The molecule has 0 atom stereocenters. The van der Waals surface area contributed by atoms with E-state index in [1.165, 1.54) is 28.6 Å². The number of sulfonamides is 1. The zero-order valence-electron chi connectivity index (χ0n) is 18.3. The van der Waals surface area contributed by atoms with Gasteiger partial charge in [-0.15, -0.1) is 0 Å². The third-order valence-electron chi connectivity index (χ3n) is 5.93. The normalized spacial score (nSPS) is 15.1. The fourth-order valence-electron chi connectivity index (χ4n) is 3.96. The van der Waals surface area contributed by atoms with Crippen molar-refractivity contribution >= 4 is 33.0 Å². The van der Waals surface area contributed by atoms with Crippen LogP contribution in [0.4, 0.5) is 17.1 Å². The van der Waals surface area contributed by atoms with Crippen molar-refractivity contribution in [3.05, 3.63) is 82.9 Å². The standard InChI is InChI=1S/C24H24N4O5S/c25-22-11-6-19(17-4-2-1-3-5-17)16-23(22)26-24(29)18-12-14-27(15-13-18)34(32,33)21-9-7-20(8-10-21)28(30)31/h1-11,16,18H,12-15,25H2,(H,26,29). The summed E-state index contributed by atoms with van der Waals surface area (Å²) >= 11 is 0. The first kappa shape index (κ1) is 23.4. The summed E-state index contributed by atoms with van der Waals surface area (Å²) in [5.74, 6) is -0.563. The molecule has 9 nitrogen and oxygen atoms in total. The van der Waals surface area contributed by atoms with E-state index in [9.17, 15) is 23.3 Å². The van der Waals surface area contributed by atoms with Gasteiger partial charge in [0.1, 0.15) is 0 Å². The predicted molar refractivity (Wildman–Crippen MR) is 129 cm³/mol. The molecule has 3 aromatic rings. The van der Waals surface area contributed by atoms with Crippen molar-refractivity contribution in [2.24, 2.45) is 5.92 Å². The Morgan fingerprint density at radius 3 is 2.24 bits per heavy atom. The summed E-state index contributed by atoms with van der Waals surface area (Å²) in [6.07, 6.45) is 0.715. The predicted octanol–water partition coefficient (Wildman–Crippen LogP) is 3.88. The van der Waals surface area contributed by atoms with Gasteiger partial charge in [0.15, 0.2) is 0 Å². The average molecular weight is 481 g/mol. The molecule has 1 fully saturated rings. The van der Waals surface area contributed by atoms with Crippen molar-refractivity contribution in [1.29, 1.82) is 0 Å². The summed E-state index contributed by atoms with van der Waals surface area (Å²) < 4.78 is 27.1. The van der Waals surface area contributed by atoms with Gasteiger partial charge >= 0.3 is 0 Å². The van der Waals surface area contributed by atoms with E-state index >= 15 is 0 Å². The summed E-state index contributed by atoms with van der Waals surface area (Å²) in [5.41, 5.74) is 8.80. The summed E-state index contributed by atoms with van der Waals surface area (Å²) in [7, 11) is -3.80. The number of anilines is 2. The van der Waals surface area contributed by atoms with Crippen LogP contribution in [-0.2, 0) is 14.8 Å². The smallest absolute Gasteiger partial charge is 0.269 e. The highest BCUT2D eigenvalue weighted by molar-refractivity contribution is 7.89. The van der Waals surface area contributed by atoms with Crippen LogP contribution in [0, 0.1) is 16.0 Å². The third kappa shape index (κ3) is 4.92. The number of rotatable bonds is 6. The Morgan fingerprint density at radius 1 is 0.971 bits per heavy atom. The number of benzene rings is 3. The maximum absolute atomic E-state index is 12.9. The lowest BCUT2D eigenvalue weighted by Gasteiger charge is -2.30. The Hall–Kier alpha value is -3.76. The van der Waals surface area contributed by atoms with Crippen LogP contribution in [0.15, 0.2) is 77.7 Å². The molecule has 0 spiro atoms. The van der Waals surface area contributed by atoms with Gasteiger partial charge in [0.2, 0.25) is 15.9 Å². The molecule has 34 heavy (non-hydrogen) atoms. The number of amides is 1. The molecule has 3 aromatic carbocycles. The largest absolute Gasteiger partial charge is 0.397 e. The number of nitrogens with zero attached hydrogens (tertiary/aromatic N) is 2. The van der Waals surface area contributed by atoms with Crippen molar-refractivity contribution in [1.82, 2.24) is 4.31 Å². The molecule has 0 saturated carbocycles. The van der Waals surface area contributed by atoms with E-state index in [1.807, 2.05) is 42.5 Å². The Labute approximate surface area is 197 Å². The number of nitrogen functional groups attached to an aromatic ring is 1. The van der Waals surface area contributed by atoms with Gasteiger partial charge in [-0.05, 0) is 48.2 Å². The number of nitrogens with one attached hydrogen (secondary N) is 1. The van der Waals surface area contributed by atoms with Gasteiger partial charge in [0.25, 0.3) is 5.69 Å². The van der Waals surface area contributed by atoms with Crippen molar-refractivity contribution in [3.8, 4) is 11.1 Å². The lowest BCUT2D eigenvalue weighted by Crippen LogP contribution is -2.41. The van der Waals surface area contributed by atoms with E-state index in [0.29, 0.717) is 24.2 Å². The lowest BCUT2D eigenvalue weighted by atomic mass is 9.97. The zero-order chi connectivity index (χ0) is 24.3. The fourth-order valence-corrected chi connectivity index (χ4v) is 5.43. The van der Waals surface area contributed by atoms with E-state index in [4.69, 9.17) is 5.73 Å². The molecule has 0 bridgehead atoms. The van der Waals surface area contributed by atoms with Crippen molar-refractivity contribution in [2.45, 2.75) is 17.7 Å². The Balaban J connectivity index is 1.41. The van der Waals surface area contributed by atoms with E-state index in [-0.39, 0.29) is 35.5 Å². The number of carbonyl (C=O) groups excluding carboxylic acids is 1. The maximum Gasteiger partial charge on any atom is 0.269 e. The van der Waals surface area contributed by atoms with Crippen molar-refractivity contribution in [3.63, 3.8) is 0 Å². The second-order valence-electron chi connectivity index (χ2n) is 8.09. The van der Waals surface area contributed by atoms with Gasteiger partial charge in [-0.25, -0.2) is 8.42 Å². The van der Waals surface area contributed by atoms with Crippen LogP contribution in [-0.4, -0.2) is 36.6 Å². The van der Waals surface area contributed by atoms with E-state index in [2.05, 4.69) is 5.32 Å². The van der Waals surface area contributed by atoms with Crippen LogP contribution >= 0.6 is 0 Å². The quantitative estimate of drug-likeness (QED) is 0.312. The van der Waals surface area contributed by atoms with Gasteiger partial charge in [-0.1, -0.05) is 36.4 Å². The summed E-state index contributed by atoms with van der Waals surface area (Å²) in [6.45, 7) is 0.355. The second-order valence-corrected chi connectivity index (χ2v) is 10.0. The molecule has 0 unspecified atom stereocenters. The Kier molecular flexibility index (Phi) is 6.62. The fraction of sp³-hybridized carbons (Fsp3) is 0.208. The number of carbonyl (C=O) groups is 1. The number of piperidine rings is 1. The monoisotopic (exact) mass is 480 g/mol. The van der Waals surface area contributed by atoms with Gasteiger partial charge in [0.05, 0.1) is 21.2 Å². The molecule has 0 aromatic heterocycles. The zero-order valence-corrected chi connectivity index (χ0v) is 19.1. The molecule has 1 saturated heterocycles. The lowest BCUT2D eigenvalue weighted by molar-refractivity contribution is -0.384. The van der Waals surface area contributed by atoms with Crippen LogP contribution < -0.4 is 11.1 Å². The van der Waals surface area contributed by atoms with Gasteiger partial charge < -0.3 is 11.1 Å². The molecule has 1 aliphatic rings. The van der Waals surface area contributed by atoms with Crippen LogP contribution in [0.2, 0.25) is 0 Å². The molecule has 176 valence electrons. The Bertz CT molecular complexity index is 1300. The van der Waals surface area contributed by atoms with Crippen LogP contribution in [0.5, 0.6) is 0 Å². The first-order chi connectivity index (χ1) is 16.3. The van der Waals surface area contributed by atoms with Crippen LogP contribution in [0.1, 0.15) is 12.8 Å². The van der Waals surface area contributed by atoms with Crippen molar-refractivity contribution < 1.29 is 18.1 Å². The minimum Gasteiger partial charge on any atom is -0.397 e. The highest BCUT2D eigenvalue weighted by atomic mass is 32.2. The summed E-state index contributed by atoms with van der Waals surface area (Å²) in [4.78, 5) is 23.1. The minimum atomic E-state index is -3.80. The maximum atomic E-state index is 12.9. The van der Waals surface area contributed by atoms with E-state index in [0.717, 1.165) is 11.1 Å². The molecule has 1 aliphatic heterocycles. The van der Waals surface area contributed by atoms with Gasteiger partial charge in [-0.3, -0.25) is 14.9 Å². The molecular weight excluding hydrogens is 456 g/mol. The summed E-state index contributed by atoms with van der Waals surface area (Å²) in [5, 5.41) is 13.7. The van der Waals surface area contributed by atoms with Crippen LogP contribution in [0.25, 0.3) is 11.1 Å². The molecule has 3 N–H and O–H groups in total. The second kappa shape index (κ2) is 9.62. The topological polar surface area (TPSA) is 136 Å². The number of hydrogen-bond acceptors (Lipinski definition) is 6. The Morgan fingerprint density at radius 2 is 1.62 bits per heavy atom. The minimum absolute atomic E-state index is 0.00787. The van der Waals surface area contributed by atoms with E-state index < -0.39 is 14.9 Å². The average Bonchev–Trinajstić information content (AvgIpc) is 2.86. The first-order valence-corrected chi connectivity index (χ1v) is 12.2. The first-order valence-electron chi connectivity index (χ1n) is 10.8. The molecule has 0 radical (unpaired) electrons. The number of hydrogen-bond donors (Lipinski definition) is 2. The molecule has 0 aliphatic carbocycles. The highest BCUT2D eigenvalue weighted by Crippen LogP contribution is 2.30. The molecule has 10 heteroatoms. The molecule has 1 heterocycles. The van der Waals surface area contributed by atoms with E-state index in [1.54, 1.807) is 6.07 Å². The highest BCUT2D eigenvalue weighted by Gasteiger charge is 2.32. The number of non-ortho nitro benzene ring substituents is 1. The van der Waals surface area contributed by atoms with Gasteiger partial charge in [0, 0.05) is 31.1 Å². The third-order valence-corrected chi connectivity index (χ3v) is 7.84. The number of nitrogens with two attached hydrogens (primary N) is 1. The number of nitro groups is 1. The van der Waals surface area contributed by atoms with Crippen LogP contribution in [0.3, 0.4) is 0 Å². The SMILES string of the molecule is Nc1ccc(-c2ccccc2)cc1NC(=O)C1CCN(S(=O)(=O)c2ccc([N+](=O)[O-])cc2)CC1.